The van der Waals surface area contributed by atoms with E-state index in [0.29, 0.717) is 19.7 Å². The molecule has 2 amide bonds. The summed E-state index contributed by atoms with van der Waals surface area (Å²) in [5.74, 6) is 0.786. The Kier molecular flexibility index (Phi) is 6.87. The van der Waals surface area contributed by atoms with Crippen LogP contribution in [0, 0.1) is 0 Å². The largest absolute Gasteiger partial charge is 0.492 e. The van der Waals surface area contributed by atoms with Gasteiger partial charge in [-0.15, -0.1) is 0 Å². The first-order valence-corrected chi connectivity index (χ1v) is 8.20. The molecule has 0 fully saturated rings. The normalized spacial score (nSPS) is 10.2. The fourth-order valence-corrected chi connectivity index (χ4v) is 2.20. The number of carbonyl (C=O) groups excluding carboxylic acids is 1. The molecular formula is C17H20BrN3O2. The third-order valence-corrected chi connectivity index (χ3v) is 3.82. The van der Waals surface area contributed by atoms with Crippen LogP contribution in [0.2, 0.25) is 0 Å². The summed E-state index contributed by atoms with van der Waals surface area (Å²) in [6.07, 6.45) is 4.32. The Morgan fingerprint density at radius 1 is 1.22 bits per heavy atom. The van der Waals surface area contributed by atoms with Gasteiger partial charge in [0.25, 0.3) is 0 Å². The number of nitrogens with one attached hydrogen (secondary N) is 1. The van der Waals surface area contributed by atoms with Crippen molar-refractivity contribution in [3.8, 4) is 5.75 Å². The Bertz CT molecular complexity index is 605. The van der Waals surface area contributed by atoms with Crippen LogP contribution in [-0.2, 0) is 6.42 Å². The molecular weight excluding hydrogens is 358 g/mol. The number of rotatable bonds is 7. The molecule has 1 N–H and O–H groups in total. The SMILES string of the molecule is CN(CCc1ccncc1)C(=O)NCCOc1ccc(Br)cc1. The van der Waals surface area contributed by atoms with E-state index in [2.05, 4.69) is 26.2 Å². The molecule has 0 saturated heterocycles. The minimum Gasteiger partial charge on any atom is -0.492 e. The topological polar surface area (TPSA) is 54.5 Å². The zero-order chi connectivity index (χ0) is 16.5. The van der Waals surface area contributed by atoms with Crippen LogP contribution < -0.4 is 10.1 Å². The summed E-state index contributed by atoms with van der Waals surface area (Å²) in [7, 11) is 1.78. The highest BCUT2D eigenvalue weighted by atomic mass is 79.9. The number of hydrogen-bond donors (Lipinski definition) is 1. The molecule has 2 aromatic rings. The summed E-state index contributed by atoms with van der Waals surface area (Å²) < 4.78 is 6.57. The average molecular weight is 378 g/mol. The van der Waals surface area contributed by atoms with Gasteiger partial charge in [0.15, 0.2) is 0 Å². The van der Waals surface area contributed by atoms with Gasteiger partial charge in [0.2, 0.25) is 0 Å². The van der Waals surface area contributed by atoms with Crippen molar-refractivity contribution in [2.24, 2.45) is 0 Å². The van der Waals surface area contributed by atoms with Gasteiger partial charge in [-0.05, 0) is 48.4 Å². The van der Waals surface area contributed by atoms with E-state index >= 15 is 0 Å². The van der Waals surface area contributed by atoms with E-state index in [9.17, 15) is 4.79 Å². The fraction of sp³-hybridized carbons (Fsp3) is 0.294. The second-order valence-corrected chi connectivity index (χ2v) is 5.98. The monoisotopic (exact) mass is 377 g/mol. The summed E-state index contributed by atoms with van der Waals surface area (Å²) in [4.78, 5) is 17.6. The summed E-state index contributed by atoms with van der Waals surface area (Å²) in [5.41, 5.74) is 1.17. The quantitative estimate of drug-likeness (QED) is 0.754. The predicted molar refractivity (Wildman–Crippen MR) is 93.6 cm³/mol. The first kappa shape index (κ1) is 17.3. The van der Waals surface area contributed by atoms with Crippen molar-refractivity contribution in [1.82, 2.24) is 15.2 Å². The van der Waals surface area contributed by atoms with E-state index in [1.54, 1.807) is 24.3 Å². The van der Waals surface area contributed by atoms with E-state index in [1.165, 1.54) is 5.56 Å². The van der Waals surface area contributed by atoms with Crippen molar-refractivity contribution in [2.45, 2.75) is 6.42 Å². The van der Waals surface area contributed by atoms with Gasteiger partial charge in [0.1, 0.15) is 12.4 Å². The number of nitrogens with zero attached hydrogens (tertiary/aromatic N) is 2. The van der Waals surface area contributed by atoms with Gasteiger partial charge in [-0.3, -0.25) is 4.98 Å². The molecule has 0 unspecified atom stereocenters. The maximum absolute atomic E-state index is 12.0. The number of benzene rings is 1. The lowest BCUT2D eigenvalue weighted by Crippen LogP contribution is -2.40. The Hall–Kier alpha value is -2.08. The molecule has 0 aliphatic carbocycles. The fourth-order valence-electron chi connectivity index (χ4n) is 1.94. The molecule has 1 aromatic carbocycles. The molecule has 0 aliphatic rings. The molecule has 0 bridgehead atoms. The van der Waals surface area contributed by atoms with Gasteiger partial charge in [-0.25, -0.2) is 4.79 Å². The molecule has 0 aliphatic heterocycles. The Morgan fingerprint density at radius 3 is 2.61 bits per heavy atom. The maximum Gasteiger partial charge on any atom is 0.317 e. The number of ether oxygens (including phenoxy) is 1. The van der Waals surface area contributed by atoms with Crippen molar-refractivity contribution in [3.63, 3.8) is 0 Å². The Balaban J connectivity index is 1.63. The van der Waals surface area contributed by atoms with E-state index < -0.39 is 0 Å². The van der Waals surface area contributed by atoms with Crippen LogP contribution >= 0.6 is 15.9 Å². The summed E-state index contributed by atoms with van der Waals surface area (Å²) in [6.45, 7) is 1.56. The molecule has 5 nitrogen and oxygen atoms in total. The summed E-state index contributed by atoms with van der Waals surface area (Å²) in [6, 6.07) is 11.4. The second kappa shape index (κ2) is 9.15. The highest BCUT2D eigenvalue weighted by Gasteiger charge is 2.07. The average Bonchev–Trinajstić information content (AvgIpc) is 2.59. The van der Waals surface area contributed by atoms with E-state index in [1.807, 2.05) is 36.4 Å². The molecule has 1 aromatic heterocycles. The van der Waals surface area contributed by atoms with Gasteiger partial charge in [0, 0.05) is 30.5 Å². The molecule has 0 radical (unpaired) electrons. The van der Waals surface area contributed by atoms with Crippen LogP contribution in [0.5, 0.6) is 5.75 Å². The van der Waals surface area contributed by atoms with Crippen LogP contribution in [0.25, 0.3) is 0 Å². The lowest BCUT2D eigenvalue weighted by Gasteiger charge is -2.18. The van der Waals surface area contributed by atoms with Crippen molar-refractivity contribution < 1.29 is 9.53 Å². The smallest absolute Gasteiger partial charge is 0.317 e. The van der Waals surface area contributed by atoms with Crippen LogP contribution in [0.4, 0.5) is 4.79 Å². The standard InChI is InChI=1S/C17H20BrN3O2/c1-21(12-8-14-6-9-19-10-7-14)17(22)20-11-13-23-16-4-2-15(18)3-5-16/h2-7,9-10H,8,11-13H2,1H3,(H,20,22). The van der Waals surface area contributed by atoms with Gasteiger partial charge in [0.05, 0.1) is 6.54 Å². The molecule has 2 rings (SSSR count). The number of halogens is 1. The number of likely N-dealkylation sites (N-methyl/N-ethyl adjacent to an activating group) is 1. The number of amides is 2. The van der Waals surface area contributed by atoms with Crippen LogP contribution in [0.1, 0.15) is 5.56 Å². The van der Waals surface area contributed by atoms with Crippen molar-refractivity contribution in [1.29, 1.82) is 0 Å². The second-order valence-electron chi connectivity index (χ2n) is 5.06. The molecule has 23 heavy (non-hydrogen) atoms. The van der Waals surface area contributed by atoms with E-state index in [-0.39, 0.29) is 6.03 Å². The first-order valence-electron chi connectivity index (χ1n) is 7.41. The number of hydrogen-bond acceptors (Lipinski definition) is 3. The molecule has 1 heterocycles. The number of urea groups is 1. The lowest BCUT2D eigenvalue weighted by molar-refractivity contribution is 0.206. The Morgan fingerprint density at radius 2 is 1.91 bits per heavy atom. The zero-order valence-electron chi connectivity index (χ0n) is 13.0. The number of carbonyl (C=O) groups is 1. The lowest BCUT2D eigenvalue weighted by atomic mass is 10.2. The highest BCUT2D eigenvalue weighted by Crippen LogP contribution is 2.15. The highest BCUT2D eigenvalue weighted by molar-refractivity contribution is 9.10. The molecule has 122 valence electrons. The summed E-state index contributed by atoms with van der Waals surface area (Å²) in [5, 5.41) is 2.84. The molecule has 6 heteroatoms. The first-order chi connectivity index (χ1) is 11.1. The number of pyridine rings is 1. The zero-order valence-corrected chi connectivity index (χ0v) is 14.6. The van der Waals surface area contributed by atoms with Crippen molar-refractivity contribution >= 4 is 22.0 Å². The van der Waals surface area contributed by atoms with Gasteiger partial charge in [-0.1, -0.05) is 15.9 Å². The maximum atomic E-state index is 12.0. The minimum atomic E-state index is -0.0986. The van der Waals surface area contributed by atoms with Gasteiger partial charge < -0.3 is 15.0 Å². The minimum absolute atomic E-state index is 0.0986. The third-order valence-electron chi connectivity index (χ3n) is 3.29. The predicted octanol–water partition coefficient (Wildman–Crippen LogP) is 3.11. The van der Waals surface area contributed by atoms with Crippen LogP contribution in [-0.4, -0.2) is 42.7 Å². The van der Waals surface area contributed by atoms with E-state index in [4.69, 9.17) is 4.74 Å². The molecule has 0 spiro atoms. The van der Waals surface area contributed by atoms with E-state index in [0.717, 1.165) is 16.6 Å². The third kappa shape index (κ3) is 6.28. The van der Waals surface area contributed by atoms with Crippen LogP contribution in [0.3, 0.4) is 0 Å². The van der Waals surface area contributed by atoms with Gasteiger partial charge >= 0.3 is 6.03 Å². The van der Waals surface area contributed by atoms with Crippen LogP contribution in [0.15, 0.2) is 53.3 Å². The number of aromatic nitrogens is 1. The summed E-state index contributed by atoms with van der Waals surface area (Å²) >= 11 is 3.37. The molecule has 0 saturated carbocycles. The Labute approximate surface area is 144 Å². The van der Waals surface area contributed by atoms with Gasteiger partial charge in [-0.2, -0.15) is 0 Å². The van der Waals surface area contributed by atoms with Crippen molar-refractivity contribution in [2.75, 3.05) is 26.7 Å². The molecule has 0 atom stereocenters. The van der Waals surface area contributed by atoms with Crippen molar-refractivity contribution in [3.05, 3.63) is 58.8 Å².